The molecular weight excluding hydrogens is 321 g/mol. The molecule has 0 spiro atoms. The van der Waals surface area contributed by atoms with Gasteiger partial charge in [0, 0.05) is 23.7 Å². The van der Waals surface area contributed by atoms with Crippen molar-refractivity contribution in [2.75, 3.05) is 5.32 Å². The van der Waals surface area contributed by atoms with Crippen molar-refractivity contribution in [3.05, 3.63) is 76.3 Å². The number of fused-ring (bicyclic) bond motifs is 1. The average Bonchev–Trinajstić information content (AvgIpc) is 2.53. The molecule has 1 N–H and O–H groups in total. The third kappa shape index (κ3) is 3.15. The zero-order valence-corrected chi connectivity index (χ0v) is 12.2. The summed E-state index contributed by atoms with van der Waals surface area (Å²) in [6.45, 7) is -0.223. The lowest BCUT2D eigenvalue weighted by atomic mass is 10.2. The summed E-state index contributed by atoms with van der Waals surface area (Å²) in [5, 5.41) is 2.46. The van der Waals surface area contributed by atoms with E-state index in [1.807, 2.05) is 0 Å². The van der Waals surface area contributed by atoms with Crippen LogP contribution in [-0.4, -0.2) is 10.5 Å². The molecule has 122 valence electrons. The van der Waals surface area contributed by atoms with Crippen molar-refractivity contribution < 1.29 is 18.0 Å². The van der Waals surface area contributed by atoms with Gasteiger partial charge in [0.1, 0.15) is 24.0 Å². The van der Waals surface area contributed by atoms with E-state index < -0.39 is 23.4 Å². The third-order valence-corrected chi connectivity index (χ3v) is 3.46. The summed E-state index contributed by atoms with van der Waals surface area (Å²) in [5.41, 5.74) is -0.151. The molecule has 0 bridgehead atoms. The largest absolute Gasteiger partial charge is 0.338 e. The molecule has 4 nitrogen and oxygen atoms in total. The number of carbonyl (C=O) groups excluding carboxylic acids is 1. The number of aromatic nitrogens is 1. The number of amides is 1. The van der Waals surface area contributed by atoms with Crippen LogP contribution in [0, 0.1) is 17.5 Å². The van der Waals surface area contributed by atoms with Crippen LogP contribution in [0.1, 0.15) is 0 Å². The fraction of sp³-hybridized carbons (Fsp3) is 0.0588. The van der Waals surface area contributed by atoms with Crippen molar-refractivity contribution >= 4 is 22.5 Å². The molecule has 7 heteroatoms. The second-order valence-electron chi connectivity index (χ2n) is 5.14. The predicted octanol–water partition coefficient (Wildman–Crippen LogP) is 3.06. The maximum Gasteiger partial charge on any atom is 0.244 e. The first-order chi connectivity index (χ1) is 11.4. The number of nitrogens with zero attached hydrogens (tertiary/aromatic N) is 1. The molecular formula is C17H11F3N2O2. The summed E-state index contributed by atoms with van der Waals surface area (Å²) < 4.78 is 41.1. The summed E-state index contributed by atoms with van der Waals surface area (Å²) in [7, 11) is 0. The number of halogens is 3. The van der Waals surface area contributed by atoms with Crippen molar-refractivity contribution in [3.63, 3.8) is 0 Å². The van der Waals surface area contributed by atoms with E-state index in [0.29, 0.717) is 11.6 Å². The van der Waals surface area contributed by atoms with Gasteiger partial charge in [-0.2, -0.15) is 0 Å². The Hall–Kier alpha value is -3.09. The van der Waals surface area contributed by atoms with Crippen LogP contribution in [0.2, 0.25) is 0 Å². The Labute approximate surface area is 134 Å². The summed E-state index contributed by atoms with van der Waals surface area (Å²) in [5.74, 6) is -2.78. The number of anilines is 1. The second kappa shape index (κ2) is 6.19. The fourth-order valence-electron chi connectivity index (χ4n) is 2.36. The Bertz CT molecular complexity index is 999. The lowest BCUT2D eigenvalue weighted by Crippen LogP contribution is -2.21. The quantitative estimate of drug-likeness (QED) is 0.801. The highest BCUT2D eigenvalue weighted by Crippen LogP contribution is 2.16. The molecule has 0 aliphatic carbocycles. The molecule has 0 atom stereocenters. The topological polar surface area (TPSA) is 51.1 Å². The molecule has 1 heterocycles. The lowest BCUT2D eigenvalue weighted by Gasteiger charge is -2.11. The molecule has 3 aromatic rings. The highest BCUT2D eigenvalue weighted by Gasteiger charge is 2.11. The van der Waals surface area contributed by atoms with Crippen LogP contribution >= 0.6 is 0 Å². The molecule has 3 rings (SSSR count). The number of nitrogens with one attached hydrogen (secondary N) is 1. The van der Waals surface area contributed by atoms with Crippen LogP contribution < -0.4 is 10.7 Å². The Balaban J connectivity index is 1.88. The zero-order chi connectivity index (χ0) is 17.3. The van der Waals surface area contributed by atoms with E-state index in [9.17, 15) is 22.8 Å². The van der Waals surface area contributed by atoms with Gasteiger partial charge in [0.05, 0.1) is 11.2 Å². The van der Waals surface area contributed by atoms with Crippen molar-refractivity contribution in [3.8, 4) is 0 Å². The first kappa shape index (κ1) is 15.8. The summed E-state index contributed by atoms with van der Waals surface area (Å²) in [6, 6.07) is 7.66. The standard InChI is InChI=1S/C17H11F3N2O2/c18-10-2-4-15-12(7-10)16(23)5-6-22(15)9-17(24)21-14-3-1-11(19)8-13(14)20/h1-8H,9H2,(H,21,24). The van der Waals surface area contributed by atoms with Gasteiger partial charge >= 0.3 is 0 Å². The molecule has 0 saturated carbocycles. The molecule has 0 aliphatic heterocycles. The average molecular weight is 332 g/mol. The van der Waals surface area contributed by atoms with Crippen LogP contribution in [0.4, 0.5) is 18.9 Å². The molecule has 0 fully saturated rings. The van der Waals surface area contributed by atoms with E-state index in [1.54, 1.807) is 0 Å². The predicted molar refractivity (Wildman–Crippen MR) is 83.2 cm³/mol. The minimum atomic E-state index is -0.893. The molecule has 0 saturated heterocycles. The number of hydrogen-bond donors (Lipinski definition) is 1. The Morgan fingerprint density at radius 2 is 1.71 bits per heavy atom. The molecule has 24 heavy (non-hydrogen) atoms. The van der Waals surface area contributed by atoms with Gasteiger partial charge in [-0.15, -0.1) is 0 Å². The van der Waals surface area contributed by atoms with Gasteiger partial charge < -0.3 is 9.88 Å². The van der Waals surface area contributed by atoms with E-state index in [-0.39, 0.29) is 23.0 Å². The van der Waals surface area contributed by atoms with Gasteiger partial charge in [-0.25, -0.2) is 13.2 Å². The minimum Gasteiger partial charge on any atom is -0.338 e. The van der Waals surface area contributed by atoms with Crippen LogP contribution in [-0.2, 0) is 11.3 Å². The van der Waals surface area contributed by atoms with Gasteiger partial charge in [0.15, 0.2) is 5.43 Å². The molecule has 2 aromatic carbocycles. The van der Waals surface area contributed by atoms with E-state index >= 15 is 0 Å². The summed E-state index contributed by atoms with van der Waals surface area (Å²) >= 11 is 0. The highest BCUT2D eigenvalue weighted by atomic mass is 19.1. The Morgan fingerprint density at radius 1 is 1.00 bits per heavy atom. The van der Waals surface area contributed by atoms with E-state index in [2.05, 4.69) is 5.32 Å². The monoisotopic (exact) mass is 332 g/mol. The van der Waals surface area contributed by atoms with Crippen LogP contribution in [0.25, 0.3) is 10.9 Å². The fourth-order valence-corrected chi connectivity index (χ4v) is 2.36. The summed E-state index contributed by atoms with van der Waals surface area (Å²) in [6.07, 6.45) is 1.39. The van der Waals surface area contributed by atoms with Crippen molar-refractivity contribution in [2.45, 2.75) is 6.54 Å². The molecule has 0 radical (unpaired) electrons. The Morgan fingerprint density at radius 3 is 2.46 bits per heavy atom. The van der Waals surface area contributed by atoms with Crippen LogP contribution in [0.5, 0.6) is 0 Å². The number of rotatable bonds is 3. The zero-order valence-electron chi connectivity index (χ0n) is 12.2. The molecule has 1 amide bonds. The molecule has 0 aliphatic rings. The van der Waals surface area contributed by atoms with Crippen molar-refractivity contribution in [1.29, 1.82) is 0 Å². The van der Waals surface area contributed by atoms with E-state index in [4.69, 9.17) is 0 Å². The van der Waals surface area contributed by atoms with E-state index in [1.165, 1.54) is 29.0 Å². The van der Waals surface area contributed by atoms with Crippen LogP contribution in [0.15, 0.2) is 53.5 Å². The normalized spacial score (nSPS) is 10.8. The van der Waals surface area contributed by atoms with Gasteiger partial charge in [0.2, 0.25) is 5.91 Å². The third-order valence-electron chi connectivity index (χ3n) is 3.46. The van der Waals surface area contributed by atoms with Crippen LogP contribution in [0.3, 0.4) is 0 Å². The van der Waals surface area contributed by atoms with Gasteiger partial charge in [0.25, 0.3) is 0 Å². The SMILES string of the molecule is O=C(Cn1ccc(=O)c2cc(F)ccc21)Nc1ccc(F)cc1F. The molecule has 0 unspecified atom stereocenters. The van der Waals surface area contributed by atoms with Gasteiger partial charge in [-0.05, 0) is 30.3 Å². The van der Waals surface area contributed by atoms with Gasteiger partial charge in [-0.3, -0.25) is 9.59 Å². The van der Waals surface area contributed by atoms with Crippen molar-refractivity contribution in [2.24, 2.45) is 0 Å². The Kier molecular flexibility index (Phi) is 4.07. The maximum absolute atomic E-state index is 13.6. The van der Waals surface area contributed by atoms with Gasteiger partial charge in [-0.1, -0.05) is 0 Å². The smallest absolute Gasteiger partial charge is 0.244 e. The summed E-state index contributed by atoms with van der Waals surface area (Å²) in [4.78, 5) is 23.8. The number of benzene rings is 2. The number of hydrogen-bond acceptors (Lipinski definition) is 2. The highest BCUT2D eigenvalue weighted by molar-refractivity contribution is 5.91. The number of pyridine rings is 1. The minimum absolute atomic E-state index is 0.137. The lowest BCUT2D eigenvalue weighted by molar-refractivity contribution is -0.116. The first-order valence-electron chi connectivity index (χ1n) is 6.97. The maximum atomic E-state index is 13.6. The first-order valence-corrected chi connectivity index (χ1v) is 6.97. The van der Waals surface area contributed by atoms with Crippen molar-refractivity contribution in [1.82, 2.24) is 4.57 Å². The van der Waals surface area contributed by atoms with E-state index in [0.717, 1.165) is 18.2 Å². The molecule has 1 aromatic heterocycles. The second-order valence-corrected chi connectivity index (χ2v) is 5.14. The number of carbonyl (C=O) groups is 1.